The highest BCUT2D eigenvalue weighted by Gasteiger charge is 2.22. The van der Waals surface area contributed by atoms with Gasteiger partial charge < -0.3 is 10.1 Å². The summed E-state index contributed by atoms with van der Waals surface area (Å²) in [5.41, 5.74) is 1.42. The summed E-state index contributed by atoms with van der Waals surface area (Å²) in [6.45, 7) is 0.861. The Labute approximate surface area is 183 Å². The Morgan fingerprint density at radius 3 is 2.83 bits per heavy atom. The maximum absolute atomic E-state index is 12.9. The van der Waals surface area contributed by atoms with Gasteiger partial charge in [0.05, 0.1) is 27.8 Å². The van der Waals surface area contributed by atoms with Gasteiger partial charge in [0.1, 0.15) is 0 Å². The number of nitrogens with zero attached hydrogens (tertiary/aromatic N) is 1. The molecule has 0 saturated carbocycles. The molecule has 0 bridgehead atoms. The Morgan fingerprint density at radius 2 is 2.03 bits per heavy atom. The zero-order valence-electron chi connectivity index (χ0n) is 16.0. The molecule has 4 rings (SSSR count). The van der Waals surface area contributed by atoms with E-state index in [4.69, 9.17) is 4.74 Å². The van der Waals surface area contributed by atoms with Crippen molar-refractivity contribution in [2.24, 2.45) is 0 Å². The maximum Gasteiger partial charge on any atom is 0.256 e. The smallest absolute Gasteiger partial charge is 0.256 e. The quantitative estimate of drug-likeness (QED) is 0.549. The van der Waals surface area contributed by atoms with Crippen molar-refractivity contribution in [3.63, 3.8) is 0 Å². The molecule has 9 heteroatoms. The van der Waals surface area contributed by atoms with Crippen LogP contribution in [0.3, 0.4) is 0 Å². The van der Waals surface area contributed by atoms with Crippen molar-refractivity contribution >= 4 is 48.5 Å². The first-order valence-corrected chi connectivity index (χ1v) is 11.8. The normalized spacial score (nSPS) is 16.6. The lowest BCUT2D eigenvalue weighted by Crippen LogP contribution is -2.32. The van der Waals surface area contributed by atoms with Crippen molar-refractivity contribution in [2.75, 3.05) is 18.5 Å². The van der Waals surface area contributed by atoms with Crippen LogP contribution in [0.5, 0.6) is 0 Å². The van der Waals surface area contributed by atoms with Crippen LogP contribution in [-0.2, 0) is 14.8 Å². The van der Waals surface area contributed by atoms with Gasteiger partial charge >= 0.3 is 0 Å². The van der Waals surface area contributed by atoms with E-state index in [0.29, 0.717) is 22.3 Å². The molecule has 1 atom stereocenters. The molecule has 7 nitrogen and oxygen atoms in total. The lowest BCUT2D eigenvalue weighted by molar-refractivity contribution is 0.102. The van der Waals surface area contributed by atoms with Crippen LogP contribution in [0.15, 0.2) is 64.1 Å². The third kappa shape index (κ3) is 4.54. The van der Waals surface area contributed by atoms with Gasteiger partial charge in [-0.15, -0.1) is 0 Å². The van der Waals surface area contributed by atoms with Crippen molar-refractivity contribution in [3.05, 3.63) is 64.8 Å². The summed E-state index contributed by atoms with van der Waals surface area (Å²) in [6.07, 6.45) is 3.30. The standard InChI is InChI=1S/C21H20BrN3O4S/c22-18-9-8-16(30(27,28)24-13-15-6-3-11-29-15)12-17(18)21(26)25-19-7-1-4-14-5-2-10-23-20(14)19/h1-2,4-5,7-10,12,15,24H,3,6,11,13H2,(H,25,26). The molecule has 1 aliphatic rings. The van der Waals surface area contributed by atoms with E-state index in [1.54, 1.807) is 18.3 Å². The van der Waals surface area contributed by atoms with E-state index < -0.39 is 15.9 Å². The molecule has 1 amide bonds. The number of nitrogens with one attached hydrogen (secondary N) is 2. The molecule has 30 heavy (non-hydrogen) atoms. The molecule has 2 heterocycles. The highest BCUT2D eigenvalue weighted by molar-refractivity contribution is 9.10. The number of sulfonamides is 1. The number of hydrogen-bond acceptors (Lipinski definition) is 5. The molecule has 1 fully saturated rings. The minimum absolute atomic E-state index is 0.0184. The van der Waals surface area contributed by atoms with Gasteiger partial charge in [0.25, 0.3) is 5.91 Å². The zero-order valence-corrected chi connectivity index (χ0v) is 18.4. The first-order valence-electron chi connectivity index (χ1n) is 9.50. The fraction of sp³-hybridized carbons (Fsp3) is 0.238. The van der Waals surface area contributed by atoms with Crippen LogP contribution in [0, 0.1) is 0 Å². The summed E-state index contributed by atoms with van der Waals surface area (Å²) < 4.78 is 33.9. The molecule has 0 aliphatic carbocycles. The average Bonchev–Trinajstić information content (AvgIpc) is 3.26. The summed E-state index contributed by atoms with van der Waals surface area (Å²) in [7, 11) is -3.77. The second kappa shape index (κ2) is 8.81. The minimum atomic E-state index is -3.77. The first-order chi connectivity index (χ1) is 14.4. The molecule has 0 radical (unpaired) electrons. The molecule has 156 valence electrons. The zero-order chi connectivity index (χ0) is 21.1. The molecule has 0 spiro atoms. The predicted octanol–water partition coefficient (Wildman–Crippen LogP) is 3.71. The third-order valence-electron chi connectivity index (χ3n) is 4.90. The molecule has 1 aromatic heterocycles. The number of pyridine rings is 1. The van der Waals surface area contributed by atoms with E-state index in [9.17, 15) is 13.2 Å². The van der Waals surface area contributed by atoms with Crippen molar-refractivity contribution in [2.45, 2.75) is 23.8 Å². The second-order valence-electron chi connectivity index (χ2n) is 6.96. The van der Waals surface area contributed by atoms with E-state index >= 15 is 0 Å². The number of aromatic nitrogens is 1. The number of halogens is 1. The van der Waals surface area contributed by atoms with Crippen LogP contribution in [0.4, 0.5) is 5.69 Å². The number of benzene rings is 2. The SMILES string of the molecule is O=C(Nc1cccc2cccnc12)c1cc(S(=O)(=O)NCC2CCCO2)ccc1Br. The summed E-state index contributed by atoms with van der Waals surface area (Å²) in [4.78, 5) is 17.3. The van der Waals surface area contributed by atoms with E-state index in [1.807, 2.05) is 24.3 Å². The summed E-state index contributed by atoms with van der Waals surface area (Å²) in [5.74, 6) is -0.434. The Hall–Kier alpha value is -2.33. The lowest BCUT2D eigenvalue weighted by Gasteiger charge is -2.13. The third-order valence-corrected chi connectivity index (χ3v) is 7.01. The summed E-state index contributed by atoms with van der Waals surface area (Å²) in [6, 6.07) is 13.6. The van der Waals surface area contributed by atoms with Gasteiger partial charge in [0.15, 0.2) is 0 Å². The number of ether oxygens (including phenoxy) is 1. The van der Waals surface area contributed by atoms with E-state index in [0.717, 1.165) is 18.2 Å². The van der Waals surface area contributed by atoms with Gasteiger partial charge in [0.2, 0.25) is 10.0 Å². The molecular formula is C21H20BrN3O4S. The van der Waals surface area contributed by atoms with Crippen LogP contribution in [-0.4, -0.2) is 38.6 Å². The Balaban J connectivity index is 1.57. The first kappa shape index (κ1) is 20.9. The van der Waals surface area contributed by atoms with Crippen molar-refractivity contribution in [1.82, 2.24) is 9.71 Å². The molecule has 2 aromatic carbocycles. The summed E-state index contributed by atoms with van der Waals surface area (Å²) in [5, 5.41) is 3.72. The highest BCUT2D eigenvalue weighted by atomic mass is 79.9. The van der Waals surface area contributed by atoms with Gasteiger partial charge in [-0.3, -0.25) is 9.78 Å². The van der Waals surface area contributed by atoms with E-state index in [-0.39, 0.29) is 23.1 Å². The van der Waals surface area contributed by atoms with Crippen LogP contribution in [0.25, 0.3) is 10.9 Å². The molecular weight excluding hydrogens is 470 g/mol. The maximum atomic E-state index is 12.9. The Kier molecular flexibility index (Phi) is 6.14. The lowest BCUT2D eigenvalue weighted by atomic mass is 10.1. The van der Waals surface area contributed by atoms with E-state index in [1.165, 1.54) is 12.1 Å². The van der Waals surface area contributed by atoms with Crippen molar-refractivity contribution in [1.29, 1.82) is 0 Å². The number of amides is 1. The molecule has 3 aromatic rings. The van der Waals surface area contributed by atoms with Gasteiger partial charge in [-0.25, -0.2) is 13.1 Å². The highest BCUT2D eigenvalue weighted by Crippen LogP contribution is 2.25. The monoisotopic (exact) mass is 489 g/mol. The largest absolute Gasteiger partial charge is 0.377 e. The number of para-hydroxylation sites is 1. The van der Waals surface area contributed by atoms with Crippen LogP contribution < -0.4 is 10.0 Å². The second-order valence-corrected chi connectivity index (χ2v) is 9.58. The van der Waals surface area contributed by atoms with Crippen molar-refractivity contribution in [3.8, 4) is 0 Å². The number of anilines is 1. The van der Waals surface area contributed by atoms with Crippen LogP contribution >= 0.6 is 15.9 Å². The van der Waals surface area contributed by atoms with Gasteiger partial charge in [-0.2, -0.15) is 0 Å². The topological polar surface area (TPSA) is 97.4 Å². The van der Waals surface area contributed by atoms with Crippen LogP contribution in [0.1, 0.15) is 23.2 Å². The van der Waals surface area contributed by atoms with Gasteiger partial charge in [-0.05, 0) is 59.1 Å². The molecule has 1 unspecified atom stereocenters. The number of rotatable bonds is 6. The predicted molar refractivity (Wildman–Crippen MR) is 118 cm³/mol. The molecule has 1 saturated heterocycles. The van der Waals surface area contributed by atoms with E-state index in [2.05, 4.69) is 31.0 Å². The number of carbonyl (C=O) groups excluding carboxylic acids is 1. The fourth-order valence-electron chi connectivity index (χ4n) is 3.33. The van der Waals surface area contributed by atoms with Gasteiger partial charge in [-0.1, -0.05) is 18.2 Å². The number of fused-ring (bicyclic) bond motifs is 1. The fourth-order valence-corrected chi connectivity index (χ4v) is 4.85. The van der Waals surface area contributed by atoms with Gasteiger partial charge in [0, 0.05) is 29.2 Å². The molecule has 1 aliphatic heterocycles. The molecule has 2 N–H and O–H groups in total. The number of carbonyl (C=O) groups is 1. The van der Waals surface area contributed by atoms with Crippen molar-refractivity contribution < 1.29 is 17.9 Å². The number of hydrogen-bond donors (Lipinski definition) is 2. The average molecular weight is 490 g/mol. The Bertz CT molecular complexity index is 1190. The van der Waals surface area contributed by atoms with Crippen LogP contribution in [0.2, 0.25) is 0 Å². The summed E-state index contributed by atoms with van der Waals surface area (Å²) >= 11 is 3.34. The minimum Gasteiger partial charge on any atom is -0.377 e. The Morgan fingerprint density at radius 1 is 1.20 bits per heavy atom.